The number of carbonyl (C=O) groups is 1. The maximum Gasteiger partial charge on any atom is 0.158 e. The summed E-state index contributed by atoms with van der Waals surface area (Å²) in [5, 5.41) is 0. The van der Waals surface area contributed by atoms with Crippen LogP contribution in [0.4, 0.5) is 4.39 Å². The fourth-order valence-electron chi connectivity index (χ4n) is 1.24. The molecule has 0 aromatic rings. The fraction of sp³-hybridized carbons (Fsp3) is 0.545. The second kappa shape index (κ2) is 10.1. The van der Waals surface area contributed by atoms with Crippen LogP contribution in [0.15, 0.2) is 20.8 Å². The number of unbranched alkanes of at least 4 members (excludes halogenated alkanes) is 2. The van der Waals surface area contributed by atoms with Crippen LogP contribution in [0.1, 0.15) is 32.6 Å². The van der Waals surface area contributed by atoms with Crippen molar-refractivity contribution >= 4 is 51.1 Å². The Balaban J connectivity index is 4.79. The van der Waals surface area contributed by atoms with Gasteiger partial charge in [0.05, 0.1) is 4.48 Å². The van der Waals surface area contributed by atoms with Crippen LogP contribution < -0.4 is 0 Å². The van der Waals surface area contributed by atoms with Crippen molar-refractivity contribution in [2.75, 3.05) is 0 Å². The van der Waals surface area contributed by atoms with Crippen LogP contribution >= 0.6 is 44.8 Å². The van der Waals surface area contributed by atoms with Gasteiger partial charge >= 0.3 is 0 Å². The van der Waals surface area contributed by atoms with Crippen LogP contribution in [0.25, 0.3) is 0 Å². The van der Waals surface area contributed by atoms with Crippen molar-refractivity contribution in [1.29, 1.82) is 0 Å². The molecule has 0 saturated heterocycles. The van der Waals surface area contributed by atoms with Gasteiger partial charge in [0.25, 0.3) is 0 Å². The molecule has 0 aliphatic heterocycles. The van der Waals surface area contributed by atoms with Crippen molar-refractivity contribution < 1.29 is 13.4 Å². The van der Waals surface area contributed by atoms with Crippen LogP contribution in [-0.4, -0.2) is 12.5 Å². The molecule has 0 N–H and O–H groups in total. The molecule has 6 heteroatoms. The van der Waals surface area contributed by atoms with Gasteiger partial charge in [0, 0.05) is 23.5 Å². The molecule has 0 amide bonds. The Bertz CT molecular complexity index is 306. The molecule has 0 fully saturated rings. The summed E-state index contributed by atoms with van der Waals surface area (Å²) in [5.74, 6) is 0.258. The monoisotopic (exact) mass is 388 g/mol. The number of hydrogen-bond donors (Lipinski definition) is 1. The highest BCUT2D eigenvalue weighted by molar-refractivity contribution is 9.12. The normalized spacial score (nSPS) is 15.2. The Kier molecular flexibility index (Phi) is 10.3. The number of allylic oxidation sites excluding steroid dienone is 2. The van der Waals surface area contributed by atoms with Crippen LogP contribution in [-0.2, 0) is 8.98 Å². The van der Waals surface area contributed by atoms with E-state index in [1.807, 2.05) is 6.92 Å². The first-order chi connectivity index (χ1) is 8.12. The molecule has 1 unspecified atom stereocenters. The summed E-state index contributed by atoms with van der Waals surface area (Å²) in [4.78, 5) is 12.3. The van der Waals surface area contributed by atoms with E-state index < -0.39 is 6.17 Å². The molecule has 98 valence electrons. The summed E-state index contributed by atoms with van der Waals surface area (Å²) in [5.41, 5.74) is 0.0425. The predicted octanol–water partition coefficient (Wildman–Crippen LogP) is 4.85. The summed E-state index contributed by atoms with van der Waals surface area (Å²) in [6, 6.07) is 0. The number of aldehydes is 1. The Hall–Kier alpha value is 0.190. The van der Waals surface area contributed by atoms with E-state index in [1.54, 1.807) is 0 Å². The minimum absolute atomic E-state index is 0.0425. The van der Waals surface area contributed by atoms with E-state index in [9.17, 15) is 9.18 Å². The SMILES string of the molecule is CCCCCC(F)/C(C=O)=C(Br)/C(=C/Br)OS. The molecule has 0 aromatic heterocycles. The van der Waals surface area contributed by atoms with E-state index >= 15 is 0 Å². The summed E-state index contributed by atoms with van der Waals surface area (Å²) in [7, 11) is 0. The van der Waals surface area contributed by atoms with Gasteiger partial charge in [-0.05, 0) is 22.4 Å². The minimum atomic E-state index is -1.29. The third-order valence-corrected chi connectivity index (χ3v) is 3.65. The third kappa shape index (κ3) is 6.06. The van der Waals surface area contributed by atoms with Gasteiger partial charge in [-0.25, -0.2) is 4.39 Å². The molecule has 1 atom stereocenters. The van der Waals surface area contributed by atoms with Crippen LogP contribution in [0.3, 0.4) is 0 Å². The summed E-state index contributed by atoms with van der Waals surface area (Å²) < 4.78 is 18.8. The zero-order chi connectivity index (χ0) is 13.3. The van der Waals surface area contributed by atoms with E-state index in [4.69, 9.17) is 4.18 Å². The largest absolute Gasteiger partial charge is 0.427 e. The van der Waals surface area contributed by atoms with Crippen molar-refractivity contribution in [2.24, 2.45) is 0 Å². The molecule has 0 saturated carbocycles. The first-order valence-electron chi connectivity index (χ1n) is 5.23. The lowest BCUT2D eigenvalue weighted by atomic mass is 10.0. The third-order valence-electron chi connectivity index (χ3n) is 2.19. The van der Waals surface area contributed by atoms with Gasteiger partial charge < -0.3 is 4.18 Å². The number of hydrogen-bond acceptors (Lipinski definition) is 3. The highest BCUT2D eigenvalue weighted by Gasteiger charge is 2.18. The number of rotatable bonds is 8. The molecule has 0 aliphatic carbocycles. The second-order valence-corrected chi connectivity index (χ2v) is 4.85. The Labute approximate surface area is 124 Å². The van der Waals surface area contributed by atoms with E-state index in [1.165, 1.54) is 4.99 Å². The van der Waals surface area contributed by atoms with Crippen molar-refractivity contribution in [3.05, 3.63) is 20.8 Å². The first-order valence-corrected chi connectivity index (χ1v) is 7.30. The summed E-state index contributed by atoms with van der Waals surface area (Å²) in [6.07, 6.45) is 2.27. The smallest absolute Gasteiger partial charge is 0.158 e. The highest BCUT2D eigenvalue weighted by Crippen LogP contribution is 2.28. The van der Waals surface area contributed by atoms with E-state index in [0.717, 1.165) is 19.3 Å². The molecule has 0 bridgehead atoms. The molecular formula is C11H15Br2FO2S. The van der Waals surface area contributed by atoms with Gasteiger partial charge in [0.1, 0.15) is 12.5 Å². The van der Waals surface area contributed by atoms with E-state index in [0.29, 0.717) is 12.7 Å². The summed E-state index contributed by atoms with van der Waals surface area (Å²) >= 11 is 9.81. The molecule has 17 heavy (non-hydrogen) atoms. The van der Waals surface area contributed by atoms with Crippen molar-refractivity contribution in [3.63, 3.8) is 0 Å². The average molecular weight is 390 g/mol. The molecule has 0 rings (SSSR count). The van der Waals surface area contributed by atoms with Gasteiger partial charge in [-0.2, -0.15) is 0 Å². The van der Waals surface area contributed by atoms with Crippen molar-refractivity contribution in [1.82, 2.24) is 0 Å². The van der Waals surface area contributed by atoms with Gasteiger partial charge in [0.15, 0.2) is 5.76 Å². The Morgan fingerprint density at radius 2 is 2.18 bits per heavy atom. The van der Waals surface area contributed by atoms with Crippen LogP contribution in [0.5, 0.6) is 0 Å². The number of halogens is 3. The maximum absolute atomic E-state index is 13.8. The van der Waals surface area contributed by atoms with Crippen LogP contribution in [0, 0.1) is 0 Å². The molecule has 0 spiro atoms. The quantitative estimate of drug-likeness (QED) is 0.122. The molecule has 2 nitrogen and oxygen atoms in total. The van der Waals surface area contributed by atoms with Gasteiger partial charge in [0.2, 0.25) is 0 Å². The lowest BCUT2D eigenvalue weighted by molar-refractivity contribution is -0.105. The first kappa shape index (κ1) is 17.2. The fourth-order valence-corrected chi connectivity index (χ4v) is 2.82. The van der Waals surface area contributed by atoms with E-state index in [-0.39, 0.29) is 15.8 Å². The number of carbonyl (C=O) groups excluding carboxylic acids is 1. The van der Waals surface area contributed by atoms with Crippen molar-refractivity contribution in [3.8, 4) is 0 Å². The maximum atomic E-state index is 13.8. The Morgan fingerprint density at radius 3 is 2.59 bits per heavy atom. The predicted molar refractivity (Wildman–Crippen MR) is 78.1 cm³/mol. The number of thiol groups is 1. The van der Waals surface area contributed by atoms with Gasteiger partial charge in [-0.1, -0.05) is 42.1 Å². The molecule has 0 aromatic carbocycles. The Morgan fingerprint density at radius 1 is 1.53 bits per heavy atom. The zero-order valence-corrected chi connectivity index (χ0v) is 13.5. The molecule has 0 aliphatic rings. The van der Waals surface area contributed by atoms with E-state index in [2.05, 4.69) is 44.8 Å². The summed E-state index contributed by atoms with van der Waals surface area (Å²) in [6.45, 7) is 2.04. The standard InChI is InChI=1S/C11H15Br2FO2S/c1-2-3-4-5-9(14)8(7-15)11(13)10(6-12)16-17/h6-7,9,17H,2-5H2,1H3/b10-6-,11-8-. The van der Waals surface area contributed by atoms with Gasteiger partial charge in [-0.15, -0.1) is 0 Å². The van der Waals surface area contributed by atoms with Crippen molar-refractivity contribution in [2.45, 2.75) is 38.8 Å². The molecule has 0 heterocycles. The minimum Gasteiger partial charge on any atom is -0.427 e. The lowest BCUT2D eigenvalue weighted by Gasteiger charge is -2.11. The zero-order valence-electron chi connectivity index (χ0n) is 9.46. The topological polar surface area (TPSA) is 26.3 Å². The molecule has 0 radical (unpaired) electrons. The highest BCUT2D eigenvalue weighted by atomic mass is 79.9. The molecular weight excluding hydrogens is 375 g/mol. The average Bonchev–Trinajstić information content (AvgIpc) is 2.32. The van der Waals surface area contributed by atoms with Gasteiger partial charge in [-0.3, -0.25) is 4.79 Å². The second-order valence-electron chi connectivity index (χ2n) is 3.42. The lowest BCUT2D eigenvalue weighted by Crippen LogP contribution is -2.08. The number of alkyl halides is 1. The van der Waals surface area contributed by atoms with Crippen LogP contribution in [0.2, 0.25) is 0 Å².